The van der Waals surface area contributed by atoms with Crippen LogP contribution in [0.3, 0.4) is 0 Å². The maximum absolute atomic E-state index is 10.8. The topological polar surface area (TPSA) is 92.2 Å². The van der Waals surface area contributed by atoms with E-state index in [0.717, 1.165) is 5.70 Å². The largest absolute Gasteiger partial charge is 0.361 e. The van der Waals surface area contributed by atoms with Gasteiger partial charge in [-0.1, -0.05) is 12.2 Å². The third-order valence-corrected chi connectivity index (χ3v) is 2.66. The van der Waals surface area contributed by atoms with Crippen LogP contribution in [-0.4, -0.2) is 22.9 Å². The molecule has 17 heavy (non-hydrogen) atoms. The minimum atomic E-state index is -4.35. The lowest BCUT2D eigenvalue weighted by molar-refractivity contribution is 0.474. The Morgan fingerprint density at radius 2 is 1.82 bits per heavy atom. The molecule has 2 heterocycles. The maximum Gasteiger partial charge on any atom is 0.330 e. The van der Waals surface area contributed by atoms with Crippen LogP contribution in [0.2, 0.25) is 0 Å². The van der Waals surface area contributed by atoms with Crippen molar-refractivity contribution in [3.05, 3.63) is 48.5 Å². The van der Waals surface area contributed by atoms with Crippen molar-refractivity contribution in [2.45, 2.75) is 5.16 Å². The zero-order chi connectivity index (χ0) is 12.3. The van der Waals surface area contributed by atoms with Gasteiger partial charge in [-0.25, -0.2) is 9.97 Å². The molecule has 0 unspecified atom stereocenters. The summed E-state index contributed by atoms with van der Waals surface area (Å²) in [6.07, 6.45) is 11.6. The molecule has 0 radical (unpaired) electrons. The first-order valence-electron chi connectivity index (χ1n) is 4.67. The molecule has 0 aliphatic carbocycles. The summed E-state index contributed by atoms with van der Waals surface area (Å²) in [5.41, 5.74) is 1.35. The van der Waals surface area contributed by atoms with Gasteiger partial charge in [-0.2, -0.15) is 8.42 Å². The first-order valence-corrected chi connectivity index (χ1v) is 6.11. The van der Waals surface area contributed by atoms with Gasteiger partial charge in [0.2, 0.25) is 0 Å². The molecule has 6 nitrogen and oxygen atoms in total. The van der Waals surface area contributed by atoms with Gasteiger partial charge in [0.05, 0.1) is 0 Å². The Hall–Kier alpha value is -1.99. The lowest BCUT2D eigenvalue weighted by atomic mass is 10.2. The predicted molar refractivity (Wildman–Crippen MR) is 61.2 cm³/mol. The molecule has 2 N–H and O–H groups in total. The fraction of sp³-hybridized carbons (Fsp3) is 0. The van der Waals surface area contributed by atoms with Gasteiger partial charge >= 0.3 is 10.1 Å². The summed E-state index contributed by atoms with van der Waals surface area (Å²) in [4.78, 5) is 7.16. The summed E-state index contributed by atoms with van der Waals surface area (Å²) in [6.45, 7) is 0. The Morgan fingerprint density at radius 3 is 2.47 bits per heavy atom. The zero-order valence-corrected chi connectivity index (χ0v) is 9.42. The molecule has 0 saturated heterocycles. The highest BCUT2D eigenvalue weighted by Crippen LogP contribution is 2.12. The average molecular weight is 251 g/mol. The monoisotopic (exact) mass is 251 g/mol. The van der Waals surface area contributed by atoms with Crippen molar-refractivity contribution in [3.8, 4) is 0 Å². The summed E-state index contributed by atoms with van der Waals surface area (Å²) < 4.78 is 30.2. The van der Waals surface area contributed by atoms with E-state index in [1.54, 1.807) is 12.3 Å². The summed E-state index contributed by atoms with van der Waals surface area (Å²) in [5.74, 6) is 0. The van der Waals surface area contributed by atoms with E-state index in [9.17, 15) is 8.42 Å². The molecule has 2 rings (SSSR count). The van der Waals surface area contributed by atoms with Gasteiger partial charge in [0.15, 0.2) is 0 Å². The highest BCUT2D eigenvalue weighted by Gasteiger charge is 2.13. The minimum Gasteiger partial charge on any atom is -0.361 e. The van der Waals surface area contributed by atoms with Crippen LogP contribution in [0.1, 0.15) is 5.56 Å². The number of nitrogens with zero attached hydrogens (tertiary/aromatic N) is 2. The highest BCUT2D eigenvalue weighted by atomic mass is 32.2. The molecular weight excluding hydrogens is 242 g/mol. The Balaban J connectivity index is 2.33. The second kappa shape index (κ2) is 4.48. The standard InChI is InChI=1S/C10H9N3O3S/c14-17(15,16)10-12-6-8(7-13-10)9-4-2-1-3-5-11-9/h1-7,11H,(H,14,15,16). The number of hydrogen-bond acceptors (Lipinski definition) is 5. The Labute approximate surface area is 98.2 Å². The van der Waals surface area contributed by atoms with Gasteiger partial charge in [-0.05, 0) is 12.2 Å². The maximum atomic E-state index is 10.8. The van der Waals surface area contributed by atoms with Crippen molar-refractivity contribution in [1.29, 1.82) is 0 Å². The first kappa shape index (κ1) is 11.5. The highest BCUT2D eigenvalue weighted by molar-refractivity contribution is 7.85. The second-order valence-electron chi connectivity index (χ2n) is 3.20. The molecule has 0 amide bonds. The van der Waals surface area contributed by atoms with Gasteiger partial charge in [-0.15, -0.1) is 0 Å². The normalized spacial score (nSPS) is 15.0. The zero-order valence-electron chi connectivity index (χ0n) is 8.61. The Bertz CT molecular complexity index is 600. The van der Waals surface area contributed by atoms with E-state index < -0.39 is 15.3 Å². The van der Waals surface area contributed by atoms with Crippen LogP contribution in [0.4, 0.5) is 0 Å². The third kappa shape index (κ3) is 2.77. The molecule has 7 heteroatoms. The molecule has 88 valence electrons. The summed E-state index contributed by atoms with van der Waals surface area (Å²) in [6, 6.07) is 0. The van der Waals surface area contributed by atoms with Crippen LogP contribution in [0.5, 0.6) is 0 Å². The van der Waals surface area contributed by atoms with E-state index >= 15 is 0 Å². The number of rotatable bonds is 2. The number of nitrogens with one attached hydrogen (secondary N) is 1. The lowest BCUT2D eigenvalue weighted by Crippen LogP contribution is -2.08. The fourth-order valence-electron chi connectivity index (χ4n) is 1.23. The average Bonchev–Trinajstić information content (AvgIpc) is 2.56. The van der Waals surface area contributed by atoms with Gasteiger partial charge in [-0.3, -0.25) is 4.55 Å². The van der Waals surface area contributed by atoms with Gasteiger partial charge in [0.25, 0.3) is 5.16 Å². The van der Waals surface area contributed by atoms with Crippen LogP contribution < -0.4 is 5.32 Å². The van der Waals surface area contributed by atoms with Gasteiger partial charge in [0, 0.05) is 29.9 Å². The first-order chi connectivity index (χ1) is 8.07. The minimum absolute atomic E-state index is 0.610. The summed E-state index contributed by atoms with van der Waals surface area (Å²) in [7, 11) is -4.35. The number of allylic oxidation sites excluding steroid dienone is 4. The van der Waals surface area contributed by atoms with Crippen LogP contribution in [0, 0.1) is 0 Å². The van der Waals surface area contributed by atoms with Crippen LogP contribution in [-0.2, 0) is 10.1 Å². The molecule has 1 aromatic rings. The molecule has 1 aromatic heterocycles. The second-order valence-corrected chi connectivity index (χ2v) is 4.51. The Kier molecular flexibility index (Phi) is 3.03. The number of hydrogen-bond donors (Lipinski definition) is 2. The molecule has 1 aliphatic heterocycles. The summed E-state index contributed by atoms with van der Waals surface area (Å²) in [5, 5.41) is 2.37. The van der Waals surface area contributed by atoms with E-state index in [2.05, 4.69) is 15.3 Å². The molecule has 1 aliphatic rings. The molecule has 0 fully saturated rings. The molecule has 0 bridgehead atoms. The van der Waals surface area contributed by atoms with E-state index in [4.69, 9.17) is 4.55 Å². The predicted octanol–water partition coefficient (Wildman–Crippen LogP) is 0.737. The van der Waals surface area contributed by atoms with Gasteiger partial charge < -0.3 is 5.32 Å². The summed E-state index contributed by atoms with van der Waals surface area (Å²) >= 11 is 0. The van der Waals surface area contributed by atoms with Crippen molar-refractivity contribution in [3.63, 3.8) is 0 Å². The van der Waals surface area contributed by atoms with E-state index in [-0.39, 0.29) is 0 Å². The Morgan fingerprint density at radius 1 is 1.12 bits per heavy atom. The van der Waals surface area contributed by atoms with Crippen LogP contribution in [0.25, 0.3) is 5.70 Å². The quantitative estimate of drug-likeness (QED) is 0.595. The van der Waals surface area contributed by atoms with Crippen molar-refractivity contribution < 1.29 is 13.0 Å². The smallest absolute Gasteiger partial charge is 0.330 e. The van der Waals surface area contributed by atoms with E-state index in [0.29, 0.717) is 5.56 Å². The van der Waals surface area contributed by atoms with Crippen LogP contribution >= 0.6 is 0 Å². The van der Waals surface area contributed by atoms with E-state index in [1.165, 1.54) is 12.4 Å². The van der Waals surface area contributed by atoms with Crippen molar-refractivity contribution in [1.82, 2.24) is 15.3 Å². The lowest BCUT2D eigenvalue weighted by Gasteiger charge is -2.05. The van der Waals surface area contributed by atoms with Crippen molar-refractivity contribution in [2.75, 3.05) is 0 Å². The fourth-order valence-corrected chi connectivity index (χ4v) is 1.60. The van der Waals surface area contributed by atoms with E-state index in [1.807, 2.05) is 18.2 Å². The van der Waals surface area contributed by atoms with Gasteiger partial charge in [0.1, 0.15) is 0 Å². The SMILES string of the molecule is O=S(=O)(O)c1ncc(C2=CC=CC=CN2)cn1. The van der Waals surface area contributed by atoms with Crippen molar-refractivity contribution in [2.24, 2.45) is 0 Å². The third-order valence-electron chi connectivity index (χ3n) is 1.99. The van der Waals surface area contributed by atoms with Crippen molar-refractivity contribution >= 4 is 15.8 Å². The molecule has 0 aromatic carbocycles. The van der Waals surface area contributed by atoms with Crippen LogP contribution in [0.15, 0.2) is 48.1 Å². The molecule has 0 spiro atoms. The molecule has 0 saturated carbocycles. The number of aromatic nitrogens is 2. The molecule has 0 atom stereocenters. The molecular formula is C10H9N3O3S.